The molecule has 16 heavy (non-hydrogen) atoms. The summed E-state index contributed by atoms with van der Waals surface area (Å²) in [5.74, 6) is -0.310. The zero-order chi connectivity index (χ0) is 12.1. The lowest BCUT2D eigenvalue weighted by Gasteiger charge is -2.10. The minimum Gasteiger partial charge on any atom is -0.325 e. The Morgan fingerprint density at radius 2 is 2.31 bits per heavy atom. The summed E-state index contributed by atoms with van der Waals surface area (Å²) in [5, 5.41) is 11.9. The molecule has 1 rings (SSSR count). The summed E-state index contributed by atoms with van der Waals surface area (Å²) in [6.45, 7) is 1.71. The molecule has 1 aromatic carbocycles. The van der Waals surface area contributed by atoms with Crippen molar-refractivity contribution < 1.29 is 4.79 Å². The van der Waals surface area contributed by atoms with Crippen LogP contribution < -0.4 is 5.32 Å². The van der Waals surface area contributed by atoms with Crippen LogP contribution in [0.15, 0.2) is 18.2 Å². The van der Waals surface area contributed by atoms with Gasteiger partial charge in [0.2, 0.25) is 5.91 Å². The van der Waals surface area contributed by atoms with Gasteiger partial charge in [-0.2, -0.15) is 5.26 Å². The maximum absolute atomic E-state index is 11.6. The standard InChI is InChI=1S/C11H10Cl2N2O/c1-7(5-12)11(16)15-10-4-9(13)3-2-8(10)6-14/h2-4,7H,5H2,1H3,(H,15,16). The maximum Gasteiger partial charge on any atom is 0.228 e. The molecule has 1 amide bonds. The van der Waals surface area contributed by atoms with Gasteiger partial charge in [-0.1, -0.05) is 18.5 Å². The van der Waals surface area contributed by atoms with E-state index >= 15 is 0 Å². The fourth-order valence-corrected chi connectivity index (χ4v) is 1.36. The van der Waals surface area contributed by atoms with Gasteiger partial charge in [0.1, 0.15) is 6.07 Å². The molecule has 0 radical (unpaired) electrons. The number of nitriles is 1. The van der Waals surface area contributed by atoms with Crippen LogP contribution in [0.1, 0.15) is 12.5 Å². The number of hydrogen-bond acceptors (Lipinski definition) is 2. The van der Waals surface area contributed by atoms with Gasteiger partial charge in [-0.25, -0.2) is 0 Å². The Kier molecular flexibility index (Phi) is 4.60. The Balaban J connectivity index is 2.92. The number of carbonyl (C=O) groups is 1. The van der Waals surface area contributed by atoms with Gasteiger partial charge in [-0.15, -0.1) is 11.6 Å². The second-order valence-corrected chi connectivity index (χ2v) is 4.09. The van der Waals surface area contributed by atoms with Crippen LogP contribution in [0.4, 0.5) is 5.69 Å². The number of hydrogen-bond donors (Lipinski definition) is 1. The van der Waals surface area contributed by atoms with Crippen molar-refractivity contribution in [2.45, 2.75) is 6.92 Å². The molecule has 0 saturated heterocycles. The fourth-order valence-electron chi connectivity index (χ4n) is 1.04. The molecule has 0 bridgehead atoms. The van der Waals surface area contributed by atoms with Crippen molar-refractivity contribution in [2.75, 3.05) is 11.2 Å². The zero-order valence-electron chi connectivity index (χ0n) is 8.63. The molecule has 1 aromatic rings. The average molecular weight is 257 g/mol. The molecule has 0 fully saturated rings. The quantitative estimate of drug-likeness (QED) is 0.846. The number of nitrogens with one attached hydrogen (secondary N) is 1. The highest BCUT2D eigenvalue weighted by Gasteiger charge is 2.13. The molecule has 1 N–H and O–H groups in total. The summed E-state index contributed by atoms with van der Waals surface area (Å²) in [6, 6.07) is 6.68. The van der Waals surface area contributed by atoms with E-state index in [-0.39, 0.29) is 17.7 Å². The lowest BCUT2D eigenvalue weighted by atomic mass is 10.1. The Labute approximate surface area is 104 Å². The SMILES string of the molecule is CC(CCl)C(=O)Nc1cc(Cl)ccc1C#N. The van der Waals surface area contributed by atoms with Gasteiger partial charge in [0.25, 0.3) is 0 Å². The highest BCUT2D eigenvalue weighted by Crippen LogP contribution is 2.21. The molecule has 0 spiro atoms. The van der Waals surface area contributed by atoms with E-state index in [1.54, 1.807) is 25.1 Å². The molecular weight excluding hydrogens is 247 g/mol. The summed E-state index contributed by atoms with van der Waals surface area (Å²) in [5.41, 5.74) is 0.788. The van der Waals surface area contributed by atoms with Gasteiger partial charge in [0.05, 0.1) is 11.3 Å². The molecule has 3 nitrogen and oxygen atoms in total. The zero-order valence-corrected chi connectivity index (χ0v) is 10.1. The van der Waals surface area contributed by atoms with Crippen molar-refractivity contribution in [3.05, 3.63) is 28.8 Å². The molecule has 84 valence electrons. The largest absolute Gasteiger partial charge is 0.325 e. The van der Waals surface area contributed by atoms with E-state index in [4.69, 9.17) is 28.5 Å². The predicted molar refractivity (Wildman–Crippen MR) is 64.7 cm³/mol. The van der Waals surface area contributed by atoms with Crippen LogP contribution in [0.25, 0.3) is 0 Å². The average Bonchev–Trinajstić information content (AvgIpc) is 2.28. The smallest absolute Gasteiger partial charge is 0.228 e. The third-order valence-electron chi connectivity index (χ3n) is 2.04. The lowest BCUT2D eigenvalue weighted by molar-refractivity contribution is -0.118. The van der Waals surface area contributed by atoms with Crippen molar-refractivity contribution in [3.8, 4) is 6.07 Å². The summed E-state index contributed by atoms with van der Waals surface area (Å²) in [4.78, 5) is 11.6. The van der Waals surface area contributed by atoms with Gasteiger partial charge in [0, 0.05) is 16.8 Å². The third-order valence-corrected chi connectivity index (χ3v) is 2.74. The summed E-state index contributed by atoms with van der Waals surface area (Å²) < 4.78 is 0. The van der Waals surface area contributed by atoms with E-state index in [0.29, 0.717) is 16.3 Å². The molecule has 0 heterocycles. The monoisotopic (exact) mass is 256 g/mol. The normalized spacial score (nSPS) is 11.6. The molecule has 0 aliphatic carbocycles. The van der Waals surface area contributed by atoms with E-state index in [0.717, 1.165) is 0 Å². The highest BCUT2D eigenvalue weighted by molar-refractivity contribution is 6.31. The van der Waals surface area contributed by atoms with Gasteiger partial charge < -0.3 is 5.32 Å². The van der Waals surface area contributed by atoms with Gasteiger partial charge in [0.15, 0.2) is 0 Å². The number of halogens is 2. The Bertz CT molecular complexity index is 440. The molecule has 0 saturated carbocycles. The Morgan fingerprint density at radius 1 is 1.62 bits per heavy atom. The lowest BCUT2D eigenvalue weighted by Crippen LogP contribution is -2.21. The van der Waals surface area contributed by atoms with Crippen LogP contribution in [-0.2, 0) is 4.79 Å². The van der Waals surface area contributed by atoms with E-state index in [2.05, 4.69) is 5.32 Å². The van der Waals surface area contributed by atoms with Crippen LogP contribution in [-0.4, -0.2) is 11.8 Å². The Hall–Kier alpha value is -1.24. The number of rotatable bonds is 3. The van der Waals surface area contributed by atoms with Crippen molar-refractivity contribution in [2.24, 2.45) is 5.92 Å². The maximum atomic E-state index is 11.6. The number of amides is 1. The van der Waals surface area contributed by atoms with Crippen molar-refractivity contribution in [1.29, 1.82) is 5.26 Å². The van der Waals surface area contributed by atoms with Gasteiger partial charge in [-0.3, -0.25) is 4.79 Å². The van der Waals surface area contributed by atoms with E-state index < -0.39 is 0 Å². The number of anilines is 1. The summed E-state index contributed by atoms with van der Waals surface area (Å²) in [7, 11) is 0. The first-order valence-corrected chi connectivity index (χ1v) is 5.56. The first kappa shape index (κ1) is 12.8. The molecule has 0 aliphatic rings. The molecule has 0 aromatic heterocycles. The van der Waals surface area contributed by atoms with E-state index in [1.807, 2.05) is 6.07 Å². The van der Waals surface area contributed by atoms with Crippen LogP contribution in [0, 0.1) is 17.2 Å². The first-order valence-electron chi connectivity index (χ1n) is 4.65. The van der Waals surface area contributed by atoms with Gasteiger partial charge in [-0.05, 0) is 18.2 Å². The van der Waals surface area contributed by atoms with Crippen molar-refractivity contribution >= 4 is 34.8 Å². The van der Waals surface area contributed by atoms with Crippen molar-refractivity contribution in [3.63, 3.8) is 0 Å². The van der Waals surface area contributed by atoms with Gasteiger partial charge >= 0.3 is 0 Å². The molecule has 1 atom stereocenters. The van der Waals surface area contributed by atoms with Crippen molar-refractivity contribution in [1.82, 2.24) is 0 Å². The summed E-state index contributed by atoms with van der Waals surface area (Å²) in [6.07, 6.45) is 0. The predicted octanol–water partition coefficient (Wildman–Crippen LogP) is 3.03. The van der Waals surface area contributed by atoms with Crippen LogP contribution in [0.5, 0.6) is 0 Å². The number of alkyl halides is 1. The summed E-state index contributed by atoms with van der Waals surface area (Å²) >= 11 is 11.4. The second-order valence-electron chi connectivity index (χ2n) is 3.35. The Morgan fingerprint density at radius 3 is 2.88 bits per heavy atom. The molecule has 1 unspecified atom stereocenters. The highest BCUT2D eigenvalue weighted by atomic mass is 35.5. The second kappa shape index (κ2) is 5.74. The number of benzene rings is 1. The third kappa shape index (κ3) is 3.13. The number of carbonyl (C=O) groups excluding carboxylic acids is 1. The van der Waals surface area contributed by atoms with E-state index in [9.17, 15) is 4.79 Å². The fraction of sp³-hybridized carbons (Fsp3) is 0.273. The van der Waals surface area contributed by atoms with Crippen LogP contribution >= 0.6 is 23.2 Å². The number of nitrogens with zero attached hydrogens (tertiary/aromatic N) is 1. The van der Waals surface area contributed by atoms with E-state index in [1.165, 1.54) is 0 Å². The first-order chi connectivity index (χ1) is 7.58. The van der Waals surface area contributed by atoms with Crippen LogP contribution in [0.2, 0.25) is 5.02 Å². The molecule has 0 aliphatic heterocycles. The minimum atomic E-state index is -0.313. The topological polar surface area (TPSA) is 52.9 Å². The van der Waals surface area contributed by atoms with Crippen LogP contribution in [0.3, 0.4) is 0 Å². The molecular formula is C11H10Cl2N2O. The minimum absolute atomic E-state index is 0.228. The molecule has 5 heteroatoms.